The molecule has 1 atom stereocenters. The van der Waals surface area contributed by atoms with Crippen LogP contribution in [0.4, 0.5) is 15.4 Å². The van der Waals surface area contributed by atoms with Gasteiger partial charge in [0.15, 0.2) is 0 Å². The predicted molar refractivity (Wildman–Crippen MR) is 144 cm³/mol. The SMILES string of the molecule is COC(=O)N(C(=O)OCc1ccccc1)c1cc(-c2ccc(OCC(C)(N)CC(C)C)c(Cl)c2)ccn1. The zero-order valence-corrected chi connectivity index (χ0v) is 22.2. The number of methoxy groups -OCH3 is 1. The van der Waals surface area contributed by atoms with E-state index in [-0.39, 0.29) is 12.4 Å². The molecule has 1 heterocycles. The van der Waals surface area contributed by atoms with Crippen molar-refractivity contribution in [2.75, 3.05) is 18.6 Å². The number of pyridine rings is 1. The minimum absolute atomic E-state index is 0.0110. The molecule has 0 aliphatic rings. The first-order valence-electron chi connectivity index (χ1n) is 11.9. The van der Waals surface area contributed by atoms with Gasteiger partial charge < -0.3 is 19.9 Å². The Hall–Kier alpha value is -3.62. The summed E-state index contributed by atoms with van der Waals surface area (Å²) in [5.41, 5.74) is 8.04. The van der Waals surface area contributed by atoms with Gasteiger partial charge in [-0.2, -0.15) is 4.90 Å². The maximum absolute atomic E-state index is 12.8. The lowest BCUT2D eigenvalue weighted by atomic mass is 9.93. The molecule has 8 nitrogen and oxygen atoms in total. The highest BCUT2D eigenvalue weighted by molar-refractivity contribution is 6.32. The van der Waals surface area contributed by atoms with Gasteiger partial charge >= 0.3 is 12.2 Å². The van der Waals surface area contributed by atoms with Crippen molar-refractivity contribution in [2.24, 2.45) is 11.7 Å². The normalized spacial score (nSPS) is 12.5. The molecule has 196 valence electrons. The van der Waals surface area contributed by atoms with Gasteiger partial charge in [-0.25, -0.2) is 14.6 Å². The predicted octanol–water partition coefficient (Wildman–Crippen LogP) is 6.45. The van der Waals surface area contributed by atoms with E-state index in [2.05, 4.69) is 18.8 Å². The molecule has 9 heteroatoms. The third-order valence-corrected chi connectivity index (χ3v) is 5.71. The van der Waals surface area contributed by atoms with E-state index in [1.54, 1.807) is 24.3 Å². The fraction of sp³-hybridized carbons (Fsp3) is 0.321. The van der Waals surface area contributed by atoms with Gasteiger partial charge in [-0.3, -0.25) is 0 Å². The van der Waals surface area contributed by atoms with E-state index in [0.717, 1.165) is 22.4 Å². The van der Waals surface area contributed by atoms with Crippen molar-refractivity contribution in [3.8, 4) is 16.9 Å². The number of anilines is 1. The zero-order chi connectivity index (χ0) is 27.0. The molecule has 0 radical (unpaired) electrons. The number of aromatic nitrogens is 1. The lowest BCUT2D eigenvalue weighted by Gasteiger charge is -2.26. The largest absolute Gasteiger partial charge is 0.490 e. The summed E-state index contributed by atoms with van der Waals surface area (Å²) in [6.07, 6.45) is 0.464. The summed E-state index contributed by atoms with van der Waals surface area (Å²) in [5.74, 6) is 1.00. The Bertz CT molecular complexity index is 1220. The Kier molecular flexibility index (Phi) is 9.49. The number of benzene rings is 2. The van der Waals surface area contributed by atoms with Gasteiger partial charge in [-0.15, -0.1) is 0 Å². The molecule has 2 amide bonds. The zero-order valence-electron chi connectivity index (χ0n) is 21.4. The van der Waals surface area contributed by atoms with Gasteiger partial charge in [-0.1, -0.05) is 61.8 Å². The number of halogens is 1. The van der Waals surface area contributed by atoms with Crippen LogP contribution in [0.2, 0.25) is 5.02 Å². The van der Waals surface area contributed by atoms with Gasteiger partial charge in [0, 0.05) is 11.7 Å². The second-order valence-electron chi connectivity index (χ2n) is 9.43. The summed E-state index contributed by atoms with van der Waals surface area (Å²) in [6.45, 7) is 6.48. The Morgan fingerprint density at radius 3 is 2.41 bits per heavy atom. The number of carbonyl (C=O) groups excluding carboxylic acids is 2. The summed E-state index contributed by atoms with van der Waals surface area (Å²) >= 11 is 6.50. The number of rotatable bonds is 9. The number of nitrogens with zero attached hydrogens (tertiary/aromatic N) is 2. The molecule has 2 aromatic carbocycles. The Labute approximate surface area is 222 Å². The van der Waals surface area contributed by atoms with E-state index in [4.69, 9.17) is 31.5 Å². The minimum atomic E-state index is -0.921. The van der Waals surface area contributed by atoms with Crippen LogP contribution in [0.15, 0.2) is 66.9 Å². The molecule has 0 saturated heterocycles. The highest BCUT2D eigenvalue weighted by atomic mass is 35.5. The molecule has 1 unspecified atom stereocenters. The van der Waals surface area contributed by atoms with E-state index < -0.39 is 17.7 Å². The van der Waals surface area contributed by atoms with E-state index in [9.17, 15) is 9.59 Å². The number of carbonyl (C=O) groups is 2. The number of hydrogen-bond donors (Lipinski definition) is 1. The monoisotopic (exact) mass is 525 g/mol. The maximum Gasteiger partial charge on any atom is 0.425 e. The number of ether oxygens (including phenoxy) is 3. The molecule has 37 heavy (non-hydrogen) atoms. The van der Waals surface area contributed by atoms with Gasteiger partial charge in [-0.05, 0) is 60.2 Å². The van der Waals surface area contributed by atoms with Crippen molar-refractivity contribution in [1.82, 2.24) is 4.98 Å². The third-order valence-electron chi connectivity index (χ3n) is 5.42. The van der Waals surface area contributed by atoms with Crippen molar-refractivity contribution in [3.05, 3.63) is 77.4 Å². The Morgan fingerprint density at radius 1 is 1.05 bits per heavy atom. The van der Waals surface area contributed by atoms with Gasteiger partial charge in [0.1, 0.15) is 24.8 Å². The fourth-order valence-electron chi connectivity index (χ4n) is 3.89. The smallest absolute Gasteiger partial charge is 0.425 e. The number of nitrogens with two attached hydrogens (primary N) is 1. The lowest BCUT2D eigenvalue weighted by molar-refractivity contribution is 0.138. The van der Waals surface area contributed by atoms with E-state index in [1.807, 2.05) is 43.3 Å². The van der Waals surface area contributed by atoms with Crippen LogP contribution in [-0.4, -0.2) is 36.4 Å². The molecule has 3 rings (SSSR count). The van der Waals surface area contributed by atoms with Gasteiger partial charge in [0.2, 0.25) is 0 Å². The molecule has 2 N–H and O–H groups in total. The van der Waals surface area contributed by atoms with Crippen LogP contribution in [0.3, 0.4) is 0 Å². The molecular weight excluding hydrogens is 494 g/mol. The third kappa shape index (κ3) is 7.93. The van der Waals surface area contributed by atoms with Crippen molar-refractivity contribution >= 4 is 29.6 Å². The van der Waals surface area contributed by atoms with Crippen LogP contribution < -0.4 is 15.4 Å². The van der Waals surface area contributed by atoms with Crippen LogP contribution in [0.25, 0.3) is 11.1 Å². The standard InChI is InChI=1S/C28H32ClN3O5/c1-19(2)16-28(3,30)18-37-24-11-10-21(14-23(24)29)22-12-13-31-25(15-22)32(26(33)35-4)27(34)36-17-20-8-6-5-7-9-20/h5-15,19H,16-18,30H2,1-4H3. The molecule has 0 aliphatic carbocycles. The first kappa shape index (κ1) is 28.0. The molecule has 0 aliphatic heterocycles. The quantitative estimate of drug-likeness (QED) is 0.342. The minimum Gasteiger partial charge on any atom is -0.490 e. The average molecular weight is 526 g/mol. The first-order valence-corrected chi connectivity index (χ1v) is 12.2. The van der Waals surface area contributed by atoms with Crippen LogP contribution in [0.5, 0.6) is 5.75 Å². The van der Waals surface area contributed by atoms with Crippen LogP contribution in [-0.2, 0) is 16.1 Å². The summed E-state index contributed by atoms with van der Waals surface area (Å²) in [4.78, 5) is 30.2. The van der Waals surface area contributed by atoms with Crippen LogP contribution in [0, 0.1) is 5.92 Å². The first-order chi connectivity index (χ1) is 17.6. The van der Waals surface area contributed by atoms with Crippen molar-refractivity contribution in [2.45, 2.75) is 39.3 Å². The molecular formula is C28H32ClN3O5. The molecule has 3 aromatic rings. The highest BCUT2D eigenvalue weighted by Gasteiger charge is 2.28. The number of amides is 2. The fourth-order valence-corrected chi connectivity index (χ4v) is 4.12. The van der Waals surface area contributed by atoms with Crippen molar-refractivity contribution in [3.63, 3.8) is 0 Å². The second kappa shape index (κ2) is 12.6. The Morgan fingerprint density at radius 2 is 1.76 bits per heavy atom. The lowest BCUT2D eigenvalue weighted by Crippen LogP contribution is -2.43. The van der Waals surface area contributed by atoms with E-state index >= 15 is 0 Å². The topological polar surface area (TPSA) is 104 Å². The van der Waals surface area contributed by atoms with Crippen LogP contribution >= 0.6 is 11.6 Å². The van der Waals surface area contributed by atoms with Crippen molar-refractivity contribution in [1.29, 1.82) is 0 Å². The van der Waals surface area contributed by atoms with E-state index in [1.165, 1.54) is 13.3 Å². The summed E-state index contributed by atoms with van der Waals surface area (Å²) in [5, 5.41) is 0.406. The van der Waals surface area contributed by atoms with Gasteiger partial charge in [0.05, 0.1) is 12.1 Å². The summed E-state index contributed by atoms with van der Waals surface area (Å²) in [7, 11) is 1.18. The summed E-state index contributed by atoms with van der Waals surface area (Å²) < 4.78 is 16.0. The van der Waals surface area contributed by atoms with E-state index in [0.29, 0.717) is 28.9 Å². The molecule has 0 fully saturated rings. The van der Waals surface area contributed by atoms with Crippen LogP contribution in [0.1, 0.15) is 32.8 Å². The van der Waals surface area contributed by atoms with Crippen molar-refractivity contribution < 1.29 is 23.8 Å². The highest BCUT2D eigenvalue weighted by Crippen LogP contribution is 2.32. The molecule has 0 spiro atoms. The maximum atomic E-state index is 12.8. The second-order valence-corrected chi connectivity index (χ2v) is 9.84. The average Bonchev–Trinajstić information content (AvgIpc) is 2.86. The molecule has 0 bridgehead atoms. The van der Waals surface area contributed by atoms with Gasteiger partial charge in [0.25, 0.3) is 0 Å². The Balaban J connectivity index is 1.78. The molecule has 1 aromatic heterocycles. The number of imide groups is 1. The number of hydrogen-bond acceptors (Lipinski definition) is 7. The summed E-state index contributed by atoms with van der Waals surface area (Å²) in [6, 6.07) is 17.8. The molecule has 0 saturated carbocycles.